The van der Waals surface area contributed by atoms with Crippen LogP contribution in [0, 0.1) is 17.0 Å². The number of hydrogen-bond donors (Lipinski definition) is 0. The van der Waals surface area contributed by atoms with Gasteiger partial charge in [-0.1, -0.05) is 0 Å². The molecule has 0 spiro atoms. The van der Waals surface area contributed by atoms with Crippen LogP contribution in [0.5, 0.6) is 0 Å². The van der Waals surface area contributed by atoms with Crippen LogP contribution in [0.1, 0.15) is 20.1 Å². The van der Waals surface area contributed by atoms with Crippen molar-refractivity contribution >= 4 is 28.6 Å². The second-order valence-corrected chi connectivity index (χ2v) is 7.44. The van der Waals surface area contributed by atoms with Crippen molar-refractivity contribution in [3.05, 3.63) is 55.8 Å². The van der Waals surface area contributed by atoms with E-state index in [0.717, 1.165) is 17.0 Å². The highest BCUT2D eigenvalue weighted by molar-refractivity contribution is 7.13. The summed E-state index contributed by atoms with van der Waals surface area (Å²) >= 11 is 1.40. The number of nitrogens with zero attached hydrogens (tertiary/aromatic N) is 3. The van der Waals surface area contributed by atoms with Crippen molar-refractivity contribution in [1.82, 2.24) is 4.90 Å². The zero-order valence-corrected chi connectivity index (χ0v) is 15.1. The van der Waals surface area contributed by atoms with Crippen molar-refractivity contribution in [2.45, 2.75) is 13.1 Å². The first kappa shape index (κ1) is 19.2. The Bertz CT molecular complexity index is 874. The fourth-order valence-electron chi connectivity index (χ4n) is 2.97. The van der Waals surface area contributed by atoms with Crippen LogP contribution in [0.25, 0.3) is 0 Å². The van der Waals surface area contributed by atoms with Crippen LogP contribution in [-0.2, 0) is 6.18 Å². The molecule has 0 radical (unpaired) electrons. The number of rotatable bonds is 3. The Morgan fingerprint density at radius 3 is 2.33 bits per heavy atom. The van der Waals surface area contributed by atoms with E-state index in [1.807, 2.05) is 13.0 Å². The fraction of sp³-hybridized carbons (Fsp3) is 0.353. The van der Waals surface area contributed by atoms with Crippen LogP contribution in [0.4, 0.5) is 24.5 Å². The molecule has 1 aliphatic heterocycles. The second kappa shape index (κ2) is 7.18. The summed E-state index contributed by atoms with van der Waals surface area (Å²) in [5.74, 6) is -0.102. The number of alkyl halides is 3. The highest BCUT2D eigenvalue weighted by Gasteiger charge is 2.34. The van der Waals surface area contributed by atoms with E-state index in [4.69, 9.17) is 0 Å². The predicted octanol–water partition coefficient (Wildman–Crippen LogP) is 3.95. The van der Waals surface area contributed by atoms with Gasteiger partial charge in [-0.05, 0) is 31.2 Å². The van der Waals surface area contributed by atoms with Gasteiger partial charge in [0.1, 0.15) is 5.69 Å². The normalized spacial score (nSPS) is 15.1. The molecule has 1 aliphatic rings. The zero-order valence-electron chi connectivity index (χ0n) is 14.3. The molecule has 1 saturated heterocycles. The molecular weight excluding hydrogens is 383 g/mol. The molecule has 0 N–H and O–H groups in total. The Hall–Kier alpha value is -2.62. The Kier molecular flexibility index (Phi) is 5.09. The maximum atomic E-state index is 12.8. The van der Waals surface area contributed by atoms with Crippen molar-refractivity contribution in [3.63, 3.8) is 0 Å². The molecule has 27 heavy (non-hydrogen) atoms. The molecule has 3 rings (SSSR count). The van der Waals surface area contributed by atoms with Gasteiger partial charge >= 0.3 is 6.18 Å². The first-order chi connectivity index (χ1) is 12.7. The molecule has 1 fully saturated rings. The van der Waals surface area contributed by atoms with E-state index in [-0.39, 0.29) is 11.6 Å². The number of piperazine rings is 1. The van der Waals surface area contributed by atoms with Gasteiger partial charge in [0.15, 0.2) is 0 Å². The van der Waals surface area contributed by atoms with Crippen LogP contribution in [0.15, 0.2) is 30.3 Å². The average Bonchev–Trinajstić information content (AvgIpc) is 3.06. The van der Waals surface area contributed by atoms with Crippen molar-refractivity contribution in [3.8, 4) is 0 Å². The lowest BCUT2D eigenvalue weighted by Gasteiger charge is -2.35. The molecule has 0 saturated carbocycles. The van der Waals surface area contributed by atoms with E-state index in [9.17, 15) is 28.1 Å². The van der Waals surface area contributed by atoms with Crippen LogP contribution >= 0.6 is 11.3 Å². The van der Waals surface area contributed by atoms with Gasteiger partial charge in [0.2, 0.25) is 0 Å². The summed E-state index contributed by atoms with van der Waals surface area (Å²) in [4.78, 5) is 27.9. The minimum Gasteiger partial charge on any atom is -0.362 e. The smallest absolute Gasteiger partial charge is 0.362 e. The monoisotopic (exact) mass is 399 g/mol. The van der Waals surface area contributed by atoms with Crippen molar-refractivity contribution in [2.75, 3.05) is 31.1 Å². The summed E-state index contributed by atoms with van der Waals surface area (Å²) in [6, 6.07) is 6.14. The number of halogens is 3. The standard InChI is InChI=1S/C17H16F3N3O3S/c1-11-2-5-15(27-11)16(24)22-8-6-21(7-9-22)13-4-3-12(17(18,19)20)10-14(13)23(25)26/h2-5,10H,6-9H2,1H3. The second-order valence-electron chi connectivity index (χ2n) is 6.15. The number of hydrogen-bond acceptors (Lipinski definition) is 5. The molecule has 0 atom stereocenters. The number of aryl methyl sites for hydroxylation is 1. The third kappa shape index (κ3) is 4.05. The van der Waals surface area contributed by atoms with E-state index in [1.165, 1.54) is 11.3 Å². The number of anilines is 1. The Balaban J connectivity index is 1.76. The Morgan fingerprint density at radius 1 is 1.15 bits per heavy atom. The number of benzene rings is 1. The van der Waals surface area contributed by atoms with Gasteiger partial charge in [-0.2, -0.15) is 13.2 Å². The molecular formula is C17H16F3N3O3S. The Morgan fingerprint density at radius 2 is 1.81 bits per heavy atom. The first-order valence-corrected chi connectivity index (χ1v) is 8.95. The summed E-state index contributed by atoms with van der Waals surface area (Å²) in [6.45, 7) is 3.20. The third-order valence-corrected chi connectivity index (χ3v) is 5.35. The highest BCUT2D eigenvalue weighted by atomic mass is 32.1. The molecule has 10 heteroatoms. The zero-order chi connectivity index (χ0) is 19.8. The number of nitro benzene ring substituents is 1. The molecule has 1 aromatic heterocycles. The summed E-state index contributed by atoms with van der Waals surface area (Å²) in [7, 11) is 0. The molecule has 0 unspecified atom stereocenters. The van der Waals surface area contributed by atoms with Gasteiger partial charge < -0.3 is 9.80 Å². The van der Waals surface area contributed by atoms with Gasteiger partial charge in [-0.15, -0.1) is 11.3 Å². The van der Waals surface area contributed by atoms with E-state index in [1.54, 1.807) is 15.9 Å². The number of thiophene rings is 1. The summed E-state index contributed by atoms with van der Waals surface area (Å²) in [5, 5.41) is 11.3. The molecule has 2 aromatic rings. The van der Waals surface area contributed by atoms with Gasteiger partial charge in [0.25, 0.3) is 11.6 Å². The lowest BCUT2D eigenvalue weighted by molar-refractivity contribution is -0.384. The van der Waals surface area contributed by atoms with Crippen molar-refractivity contribution < 1.29 is 22.9 Å². The van der Waals surface area contributed by atoms with Crippen LogP contribution in [0.3, 0.4) is 0 Å². The quantitative estimate of drug-likeness (QED) is 0.579. The van der Waals surface area contributed by atoms with Gasteiger partial charge in [-0.3, -0.25) is 14.9 Å². The minimum atomic E-state index is -4.65. The first-order valence-electron chi connectivity index (χ1n) is 8.13. The van der Waals surface area contributed by atoms with E-state index in [2.05, 4.69) is 0 Å². The van der Waals surface area contributed by atoms with Gasteiger partial charge in [0, 0.05) is 37.1 Å². The summed E-state index contributed by atoms with van der Waals surface area (Å²) < 4.78 is 38.5. The molecule has 0 aliphatic carbocycles. The maximum Gasteiger partial charge on any atom is 0.416 e. The largest absolute Gasteiger partial charge is 0.416 e. The topological polar surface area (TPSA) is 66.7 Å². The molecule has 6 nitrogen and oxygen atoms in total. The molecule has 1 amide bonds. The Labute approximate surface area is 157 Å². The van der Waals surface area contributed by atoms with Crippen molar-refractivity contribution in [1.29, 1.82) is 0 Å². The molecule has 1 aromatic carbocycles. The molecule has 144 valence electrons. The van der Waals surface area contributed by atoms with Crippen LogP contribution in [0.2, 0.25) is 0 Å². The lowest BCUT2D eigenvalue weighted by Crippen LogP contribution is -2.48. The van der Waals surface area contributed by atoms with E-state index in [0.29, 0.717) is 37.1 Å². The van der Waals surface area contributed by atoms with Crippen molar-refractivity contribution in [2.24, 2.45) is 0 Å². The fourth-order valence-corrected chi connectivity index (χ4v) is 3.80. The SMILES string of the molecule is Cc1ccc(C(=O)N2CCN(c3ccc(C(F)(F)F)cc3[N+](=O)[O-])CC2)s1. The number of amides is 1. The lowest BCUT2D eigenvalue weighted by atomic mass is 10.1. The van der Waals surface area contributed by atoms with Crippen LogP contribution in [-0.4, -0.2) is 41.9 Å². The highest BCUT2D eigenvalue weighted by Crippen LogP contribution is 2.36. The predicted molar refractivity (Wildman–Crippen MR) is 95.3 cm³/mol. The molecule has 2 heterocycles. The average molecular weight is 399 g/mol. The molecule has 0 bridgehead atoms. The number of carbonyl (C=O) groups is 1. The number of nitro groups is 1. The van der Waals surface area contributed by atoms with E-state index >= 15 is 0 Å². The number of carbonyl (C=O) groups excluding carboxylic acids is 1. The summed E-state index contributed by atoms with van der Waals surface area (Å²) in [5.41, 5.74) is -1.51. The minimum absolute atomic E-state index is 0.102. The van der Waals surface area contributed by atoms with Gasteiger partial charge in [-0.25, -0.2) is 0 Å². The van der Waals surface area contributed by atoms with E-state index < -0.39 is 22.4 Å². The third-order valence-electron chi connectivity index (χ3n) is 4.36. The summed E-state index contributed by atoms with van der Waals surface area (Å²) in [6.07, 6.45) is -4.65. The van der Waals surface area contributed by atoms with Crippen LogP contribution < -0.4 is 4.90 Å². The maximum absolute atomic E-state index is 12.8. The van der Waals surface area contributed by atoms with Gasteiger partial charge in [0.05, 0.1) is 15.4 Å².